The van der Waals surface area contributed by atoms with E-state index in [0.29, 0.717) is 17.8 Å². The quantitative estimate of drug-likeness (QED) is 0.488. The van der Waals surface area contributed by atoms with Gasteiger partial charge in [0.05, 0.1) is 11.3 Å². The van der Waals surface area contributed by atoms with Gasteiger partial charge in [-0.25, -0.2) is 14.4 Å². The number of nitrogens with one attached hydrogen (secondary N) is 2. The number of amides is 1. The number of hydrogen-bond acceptors (Lipinski definition) is 4. The van der Waals surface area contributed by atoms with Gasteiger partial charge in [0.25, 0.3) is 5.91 Å². The largest absolute Gasteiger partial charge is 0.337 e. The van der Waals surface area contributed by atoms with Crippen molar-refractivity contribution in [3.05, 3.63) is 102 Å². The van der Waals surface area contributed by atoms with Gasteiger partial charge in [0, 0.05) is 30.8 Å². The molecule has 2 aromatic carbocycles. The minimum absolute atomic E-state index is 0.254. The number of para-hydroxylation sites is 1. The van der Waals surface area contributed by atoms with Crippen LogP contribution in [0.5, 0.6) is 0 Å². The molecule has 4 rings (SSSR count). The number of rotatable bonds is 6. The fraction of sp³-hybridized carbons (Fsp3) is 0.0870. The highest BCUT2D eigenvalue weighted by atomic mass is 19.1. The van der Waals surface area contributed by atoms with E-state index in [1.54, 1.807) is 42.7 Å². The van der Waals surface area contributed by atoms with Gasteiger partial charge in [0.15, 0.2) is 0 Å². The van der Waals surface area contributed by atoms with Crippen LogP contribution in [0.2, 0.25) is 0 Å². The van der Waals surface area contributed by atoms with Crippen molar-refractivity contribution < 1.29 is 9.18 Å². The van der Waals surface area contributed by atoms with Crippen molar-refractivity contribution in [1.29, 1.82) is 0 Å². The van der Waals surface area contributed by atoms with Gasteiger partial charge >= 0.3 is 0 Å². The van der Waals surface area contributed by atoms with Crippen LogP contribution in [-0.2, 0) is 6.54 Å². The van der Waals surface area contributed by atoms with E-state index in [1.807, 2.05) is 42.0 Å². The normalized spacial score (nSPS) is 10.6. The Labute approximate surface area is 173 Å². The molecule has 6 nitrogen and oxygen atoms in total. The number of pyridine rings is 1. The van der Waals surface area contributed by atoms with Crippen molar-refractivity contribution in [2.45, 2.75) is 13.5 Å². The van der Waals surface area contributed by atoms with Gasteiger partial charge in [-0.15, -0.1) is 0 Å². The molecule has 0 saturated heterocycles. The first kappa shape index (κ1) is 19.3. The number of anilines is 3. The highest BCUT2D eigenvalue weighted by Gasteiger charge is 2.14. The Morgan fingerprint density at radius 2 is 1.80 bits per heavy atom. The van der Waals surface area contributed by atoms with Crippen molar-refractivity contribution >= 4 is 23.1 Å². The summed E-state index contributed by atoms with van der Waals surface area (Å²) in [5.74, 6) is 0.476. The minimum Gasteiger partial charge on any atom is -0.337 e. The lowest BCUT2D eigenvalue weighted by Gasteiger charge is -2.12. The Bertz CT molecular complexity index is 1170. The monoisotopic (exact) mass is 401 g/mol. The topological polar surface area (TPSA) is 71.8 Å². The summed E-state index contributed by atoms with van der Waals surface area (Å²) in [4.78, 5) is 21.2. The predicted octanol–water partition coefficient (Wildman–Crippen LogP) is 4.77. The van der Waals surface area contributed by atoms with E-state index in [1.165, 1.54) is 6.07 Å². The second-order valence-corrected chi connectivity index (χ2v) is 6.76. The van der Waals surface area contributed by atoms with Gasteiger partial charge in [0.2, 0.25) is 0 Å². The molecule has 30 heavy (non-hydrogen) atoms. The average molecular weight is 401 g/mol. The van der Waals surface area contributed by atoms with Crippen molar-refractivity contribution in [2.24, 2.45) is 0 Å². The zero-order valence-electron chi connectivity index (χ0n) is 16.3. The van der Waals surface area contributed by atoms with E-state index >= 15 is 0 Å². The van der Waals surface area contributed by atoms with Gasteiger partial charge < -0.3 is 15.2 Å². The molecule has 0 fully saturated rings. The molecule has 0 bridgehead atoms. The van der Waals surface area contributed by atoms with E-state index in [4.69, 9.17) is 0 Å². The summed E-state index contributed by atoms with van der Waals surface area (Å²) >= 11 is 0. The maximum atomic E-state index is 14.0. The van der Waals surface area contributed by atoms with E-state index in [-0.39, 0.29) is 17.4 Å². The maximum absolute atomic E-state index is 14.0. The Hall–Kier alpha value is -4.00. The van der Waals surface area contributed by atoms with E-state index in [2.05, 4.69) is 20.6 Å². The average Bonchev–Trinajstić information content (AvgIpc) is 3.16. The van der Waals surface area contributed by atoms with Crippen LogP contribution in [0.1, 0.15) is 21.7 Å². The fourth-order valence-electron chi connectivity index (χ4n) is 3.04. The summed E-state index contributed by atoms with van der Waals surface area (Å²) in [5, 5.41) is 5.76. The SMILES string of the molecule is Cc1nccn1Cc1ccc(NC(=O)c2cccnc2Nc2ccccc2F)cc1. The first-order valence-corrected chi connectivity index (χ1v) is 9.45. The molecule has 0 unspecified atom stereocenters. The molecule has 150 valence electrons. The maximum Gasteiger partial charge on any atom is 0.259 e. The van der Waals surface area contributed by atoms with Crippen LogP contribution in [0.15, 0.2) is 79.3 Å². The number of benzene rings is 2. The first-order valence-electron chi connectivity index (χ1n) is 9.45. The van der Waals surface area contributed by atoms with Gasteiger partial charge in [-0.05, 0) is 48.9 Å². The Morgan fingerprint density at radius 3 is 2.53 bits per heavy atom. The van der Waals surface area contributed by atoms with Crippen molar-refractivity contribution in [3.63, 3.8) is 0 Å². The van der Waals surface area contributed by atoms with E-state index in [9.17, 15) is 9.18 Å². The summed E-state index contributed by atoms with van der Waals surface area (Å²) in [6, 6.07) is 17.2. The van der Waals surface area contributed by atoms with Crippen LogP contribution in [-0.4, -0.2) is 20.4 Å². The lowest BCUT2D eigenvalue weighted by Crippen LogP contribution is -2.15. The molecular weight excluding hydrogens is 381 g/mol. The third-order valence-electron chi connectivity index (χ3n) is 4.67. The molecule has 0 spiro atoms. The molecule has 0 aliphatic carbocycles. The number of carbonyl (C=O) groups excluding carboxylic acids is 1. The molecule has 0 aliphatic rings. The number of halogens is 1. The summed E-state index contributed by atoms with van der Waals surface area (Å²) in [7, 11) is 0. The molecule has 0 saturated carbocycles. The van der Waals surface area contributed by atoms with Crippen molar-refractivity contribution in [3.8, 4) is 0 Å². The molecule has 0 atom stereocenters. The van der Waals surface area contributed by atoms with Crippen molar-refractivity contribution in [1.82, 2.24) is 14.5 Å². The predicted molar refractivity (Wildman–Crippen MR) is 114 cm³/mol. The number of hydrogen-bond donors (Lipinski definition) is 2. The highest BCUT2D eigenvalue weighted by Crippen LogP contribution is 2.22. The molecule has 0 radical (unpaired) electrons. The van der Waals surface area contributed by atoms with Crippen LogP contribution in [0.4, 0.5) is 21.6 Å². The standard InChI is InChI=1S/C23H20FN5O/c1-16-25-13-14-29(16)15-17-8-10-18(11-9-17)27-23(30)19-5-4-12-26-22(19)28-21-7-3-2-6-20(21)24/h2-14H,15H2,1H3,(H,26,28)(H,27,30). The molecule has 0 aliphatic heterocycles. The van der Waals surface area contributed by atoms with Crippen LogP contribution >= 0.6 is 0 Å². The second kappa shape index (κ2) is 8.57. The van der Waals surface area contributed by atoms with Crippen molar-refractivity contribution in [2.75, 3.05) is 10.6 Å². The second-order valence-electron chi connectivity index (χ2n) is 6.76. The number of carbonyl (C=O) groups is 1. The molecule has 2 N–H and O–H groups in total. The number of aryl methyl sites for hydroxylation is 1. The summed E-state index contributed by atoms with van der Waals surface area (Å²) in [6.07, 6.45) is 5.25. The molecule has 4 aromatic rings. The Morgan fingerprint density at radius 1 is 1.00 bits per heavy atom. The fourth-order valence-corrected chi connectivity index (χ4v) is 3.04. The number of nitrogens with zero attached hydrogens (tertiary/aromatic N) is 3. The number of imidazole rings is 1. The molecular formula is C23H20FN5O. The third kappa shape index (κ3) is 4.35. The molecule has 7 heteroatoms. The van der Waals surface area contributed by atoms with E-state index < -0.39 is 5.82 Å². The molecule has 2 heterocycles. The van der Waals surface area contributed by atoms with Crippen LogP contribution in [0, 0.1) is 12.7 Å². The summed E-state index contributed by atoms with van der Waals surface area (Å²) in [6.45, 7) is 2.66. The van der Waals surface area contributed by atoms with Crippen LogP contribution in [0.25, 0.3) is 0 Å². The summed E-state index contributed by atoms with van der Waals surface area (Å²) < 4.78 is 16.0. The molecule has 1 amide bonds. The Balaban J connectivity index is 1.48. The van der Waals surface area contributed by atoms with Gasteiger partial charge in [-0.3, -0.25) is 4.79 Å². The van der Waals surface area contributed by atoms with Crippen LogP contribution < -0.4 is 10.6 Å². The summed E-state index contributed by atoms with van der Waals surface area (Å²) in [5.41, 5.74) is 2.33. The van der Waals surface area contributed by atoms with Crippen LogP contribution in [0.3, 0.4) is 0 Å². The lowest BCUT2D eigenvalue weighted by molar-refractivity contribution is 0.102. The Kier molecular flexibility index (Phi) is 5.52. The van der Waals surface area contributed by atoms with E-state index in [0.717, 1.165) is 11.4 Å². The highest BCUT2D eigenvalue weighted by molar-refractivity contribution is 6.07. The minimum atomic E-state index is -0.418. The lowest BCUT2D eigenvalue weighted by atomic mass is 10.2. The van der Waals surface area contributed by atoms with Gasteiger partial charge in [-0.2, -0.15) is 0 Å². The van der Waals surface area contributed by atoms with Gasteiger partial charge in [-0.1, -0.05) is 24.3 Å². The van der Waals surface area contributed by atoms with Gasteiger partial charge in [0.1, 0.15) is 17.5 Å². The zero-order valence-corrected chi connectivity index (χ0v) is 16.3. The number of aromatic nitrogens is 3. The zero-order chi connectivity index (χ0) is 20.9. The first-order chi connectivity index (χ1) is 14.6. The molecule has 2 aromatic heterocycles. The third-order valence-corrected chi connectivity index (χ3v) is 4.67. The smallest absolute Gasteiger partial charge is 0.259 e.